The number of nitrogens with zero attached hydrogens (tertiary/aromatic N) is 4. The van der Waals surface area contributed by atoms with Crippen molar-refractivity contribution in [1.29, 1.82) is 0 Å². The van der Waals surface area contributed by atoms with Crippen LogP contribution in [0.2, 0.25) is 0 Å². The van der Waals surface area contributed by atoms with E-state index in [0.29, 0.717) is 12.1 Å². The van der Waals surface area contributed by atoms with Gasteiger partial charge in [-0.25, -0.2) is 4.98 Å². The van der Waals surface area contributed by atoms with E-state index < -0.39 is 0 Å². The van der Waals surface area contributed by atoms with Crippen molar-refractivity contribution in [1.82, 2.24) is 25.1 Å². The first kappa shape index (κ1) is 21.6. The average molecular weight is 401 g/mol. The number of aliphatic imine (C=N–C) groups is 1. The summed E-state index contributed by atoms with van der Waals surface area (Å²) < 4.78 is 7.84. The number of aryl methyl sites for hydroxylation is 2. The Morgan fingerprint density at radius 2 is 2.17 bits per heavy atom. The van der Waals surface area contributed by atoms with Gasteiger partial charge in [-0.05, 0) is 46.2 Å². The molecule has 2 atom stereocenters. The molecule has 2 unspecified atom stereocenters. The maximum atomic E-state index is 5.55. The number of nitrogens with one attached hydrogen (secondary N) is 2. The number of fused-ring (bicyclic) bond motifs is 1. The second kappa shape index (κ2) is 10.6. The van der Waals surface area contributed by atoms with Gasteiger partial charge in [0, 0.05) is 38.3 Å². The summed E-state index contributed by atoms with van der Waals surface area (Å²) in [5.74, 6) is 1.97. The van der Waals surface area contributed by atoms with Crippen LogP contribution in [0.15, 0.2) is 29.3 Å². The third-order valence-electron chi connectivity index (χ3n) is 5.54. The first-order valence-electron chi connectivity index (χ1n) is 10.9. The lowest BCUT2D eigenvalue weighted by Crippen LogP contribution is -2.49. The summed E-state index contributed by atoms with van der Waals surface area (Å²) in [6.45, 7) is 14.7. The molecule has 0 saturated carbocycles. The highest BCUT2D eigenvalue weighted by Gasteiger charge is 2.23. The molecule has 2 N–H and O–H groups in total. The number of imidazole rings is 1. The van der Waals surface area contributed by atoms with Gasteiger partial charge in [-0.15, -0.1) is 0 Å². The molecule has 1 aliphatic rings. The van der Waals surface area contributed by atoms with Gasteiger partial charge < -0.3 is 19.9 Å². The van der Waals surface area contributed by atoms with Gasteiger partial charge >= 0.3 is 0 Å². The van der Waals surface area contributed by atoms with Gasteiger partial charge in [0.05, 0.1) is 30.8 Å². The first-order valence-corrected chi connectivity index (χ1v) is 10.9. The molecule has 7 nitrogen and oxygen atoms in total. The Morgan fingerprint density at radius 1 is 1.34 bits per heavy atom. The summed E-state index contributed by atoms with van der Waals surface area (Å²) >= 11 is 0. The Balaban J connectivity index is 1.49. The molecule has 1 aromatic heterocycles. The molecular formula is C22H36N6O. The molecule has 0 aliphatic carbocycles. The van der Waals surface area contributed by atoms with Crippen LogP contribution < -0.4 is 10.6 Å². The van der Waals surface area contributed by atoms with Crippen molar-refractivity contribution >= 4 is 17.0 Å². The van der Waals surface area contributed by atoms with Gasteiger partial charge in [0.1, 0.15) is 5.82 Å². The monoisotopic (exact) mass is 400 g/mol. The molecule has 2 heterocycles. The lowest BCUT2D eigenvalue weighted by molar-refractivity contribution is -0.0165. The lowest BCUT2D eigenvalue weighted by atomic mass is 10.2. The quantitative estimate of drug-likeness (QED) is 0.405. The maximum Gasteiger partial charge on any atom is 0.191 e. The van der Waals surface area contributed by atoms with E-state index in [0.717, 1.165) is 69.7 Å². The number of morpholine rings is 1. The van der Waals surface area contributed by atoms with Gasteiger partial charge in [-0.2, -0.15) is 0 Å². The summed E-state index contributed by atoms with van der Waals surface area (Å²) in [5.41, 5.74) is 2.28. The van der Waals surface area contributed by atoms with Crippen molar-refractivity contribution in [3.8, 4) is 0 Å². The van der Waals surface area contributed by atoms with E-state index in [-0.39, 0.29) is 0 Å². The van der Waals surface area contributed by atoms with Crippen LogP contribution in [0.4, 0.5) is 0 Å². The van der Waals surface area contributed by atoms with Crippen molar-refractivity contribution in [2.45, 2.75) is 52.7 Å². The van der Waals surface area contributed by atoms with Crippen molar-refractivity contribution in [2.24, 2.45) is 4.99 Å². The van der Waals surface area contributed by atoms with Crippen LogP contribution in [-0.4, -0.2) is 71.9 Å². The molecule has 1 saturated heterocycles. The third kappa shape index (κ3) is 5.70. The summed E-state index contributed by atoms with van der Waals surface area (Å²) in [4.78, 5) is 12.0. The fourth-order valence-corrected chi connectivity index (χ4v) is 3.99. The van der Waals surface area contributed by atoms with Gasteiger partial charge in [-0.3, -0.25) is 9.89 Å². The van der Waals surface area contributed by atoms with Crippen molar-refractivity contribution in [3.63, 3.8) is 0 Å². The fraction of sp³-hybridized carbons (Fsp3) is 0.636. The van der Waals surface area contributed by atoms with E-state index in [1.165, 1.54) is 5.52 Å². The summed E-state index contributed by atoms with van der Waals surface area (Å²) in [6, 6.07) is 9.19. The number of benzene rings is 1. The van der Waals surface area contributed by atoms with Crippen molar-refractivity contribution < 1.29 is 4.74 Å². The molecule has 3 rings (SSSR count). The topological polar surface area (TPSA) is 66.7 Å². The molecule has 0 amide bonds. The van der Waals surface area contributed by atoms with Crippen molar-refractivity contribution in [2.75, 3.05) is 39.4 Å². The van der Waals surface area contributed by atoms with E-state index in [1.807, 2.05) is 6.07 Å². The largest absolute Gasteiger partial charge is 0.379 e. The Kier molecular flexibility index (Phi) is 7.89. The predicted octanol–water partition coefficient (Wildman–Crippen LogP) is 2.40. The molecule has 7 heteroatoms. The van der Waals surface area contributed by atoms with Crippen LogP contribution in [0.25, 0.3) is 11.0 Å². The SMILES string of the molecule is CCNC(=NCC(C)N1CCOCC1C)NCCCn1c(C)nc2ccccc21. The highest BCUT2D eigenvalue weighted by Crippen LogP contribution is 2.15. The van der Waals surface area contributed by atoms with E-state index >= 15 is 0 Å². The van der Waals surface area contributed by atoms with Crippen LogP contribution in [0.5, 0.6) is 0 Å². The Morgan fingerprint density at radius 3 is 2.97 bits per heavy atom. The molecule has 29 heavy (non-hydrogen) atoms. The Hall–Kier alpha value is -2.12. The molecule has 0 bridgehead atoms. The van der Waals surface area contributed by atoms with Crippen molar-refractivity contribution in [3.05, 3.63) is 30.1 Å². The first-order chi connectivity index (χ1) is 14.1. The van der Waals surface area contributed by atoms with Crippen LogP contribution >= 0.6 is 0 Å². The number of ether oxygens (including phenoxy) is 1. The second-order valence-electron chi connectivity index (χ2n) is 7.81. The summed E-state index contributed by atoms with van der Waals surface area (Å²) in [5, 5.41) is 6.85. The average Bonchev–Trinajstić information content (AvgIpc) is 3.04. The van der Waals surface area contributed by atoms with Gasteiger partial charge in [0.2, 0.25) is 0 Å². The second-order valence-corrected chi connectivity index (χ2v) is 7.81. The van der Waals surface area contributed by atoms with Crippen LogP contribution in [0, 0.1) is 6.92 Å². The zero-order valence-electron chi connectivity index (χ0n) is 18.3. The Labute approximate surface area is 174 Å². The highest BCUT2D eigenvalue weighted by atomic mass is 16.5. The highest BCUT2D eigenvalue weighted by molar-refractivity contribution is 5.79. The molecule has 0 radical (unpaired) electrons. The number of hydrogen-bond donors (Lipinski definition) is 2. The summed E-state index contributed by atoms with van der Waals surface area (Å²) in [6.07, 6.45) is 1.02. The smallest absolute Gasteiger partial charge is 0.191 e. The van der Waals surface area contributed by atoms with Gasteiger partial charge in [0.15, 0.2) is 5.96 Å². The standard InChI is InChI=1S/C22H36N6O/c1-5-23-22(25-15-17(2)27-13-14-29-16-18(27)3)24-11-8-12-28-19(4)26-20-9-6-7-10-21(20)28/h6-7,9-10,17-18H,5,8,11-16H2,1-4H3,(H2,23,24,25). The van der Waals surface area contributed by atoms with Gasteiger partial charge in [0.25, 0.3) is 0 Å². The minimum absolute atomic E-state index is 0.407. The number of para-hydroxylation sites is 2. The van der Waals surface area contributed by atoms with Crippen LogP contribution in [0.1, 0.15) is 33.0 Å². The molecule has 1 fully saturated rings. The molecular weight excluding hydrogens is 364 g/mol. The normalized spacial score (nSPS) is 19.4. The molecule has 1 aliphatic heterocycles. The molecule has 0 spiro atoms. The lowest BCUT2D eigenvalue weighted by Gasteiger charge is -2.37. The van der Waals surface area contributed by atoms with E-state index in [4.69, 9.17) is 9.73 Å². The van der Waals surface area contributed by atoms with Crippen LogP contribution in [-0.2, 0) is 11.3 Å². The fourth-order valence-electron chi connectivity index (χ4n) is 3.99. The molecule has 1 aromatic carbocycles. The van der Waals surface area contributed by atoms with Crippen LogP contribution in [0.3, 0.4) is 0 Å². The zero-order chi connectivity index (χ0) is 20.6. The zero-order valence-corrected chi connectivity index (χ0v) is 18.3. The number of guanidine groups is 1. The third-order valence-corrected chi connectivity index (χ3v) is 5.54. The number of aromatic nitrogens is 2. The van der Waals surface area contributed by atoms with E-state index in [9.17, 15) is 0 Å². The summed E-state index contributed by atoms with van der Waals surface area (Å²) in [7, 11) is 0. The minimum atomic E-state index is 0.407. The number of rotatable bonds is 8. The minimum Gasteiger partial charge on any atom is -0.379 e. The molecule has 2 aromatic rings. The predicted molar refractivity (Wildman–Crippen MR) is 120 cm³/mol. The van der Waals surface area contributed by atoms with E-state index in [2.05, 4.69) is 71.0 Å². The maximum absolute atomic E-state index is 5.55. The Bertz CT molecular complexity index is 802. The van der Waals surface area contributed by atoms with E-state index in [1.54, 1.807) is 0 Å². The number of hydrogen-bond acceptors (Lipinski definition) is 4. The molecule has 160 valence electrons. The van der Waals surface area contributed by atoms with Gasteiger partial charge in [-0.1, -0.05) is 12.1 Å².